The first kappa shape index (κ1) is 28.3. The van der Waals surface area contributed by atoms with Crippen molar-refractivity contribution in [3.63, 3.8) is 0 Å². The maximum atomic E-state index is 12.0. The highest BCUT2D eigenvalue weighted by molar-refractivity contribution is 7.81. The molecule has 0 radical (unpaired) electrons. The normalized spacial score (nSPS) is 12.5. The predicted molar refractivity (Wildman–Crippen MR) is 154 cm³/mol. The van der Waals surface area contributed by atoms with Crippen LogP contribution in [0.5, 0.6) is 11.5 Å². The highest BCUT2D eigenvalue weighted by Crippen LogP contribution is 2.33. The molecule has 8 heteroatoms. The molecule has 1 atom stereocenters. The number of carbonyl (C=O) groups is 1. The van der Waals surface area contributed by atoms with Crippen molar-refractivity contribution in [2.45, 2.75) is 72.4 Å². The van der Waals surface area contributed by atoms with Crippen LogP contribution in [0, 0.1) is 5.92 Å². The number of hydrogen-bond acceptors (Lipinski definition) is 5. The van der Waals surface area contributed by atoms with Crippen LogP contribution in [0.1, 0.15) is 71.4 Å². The van der Waals surface area contributed by atoms with E-state index in [9.17, 15) is 15.0 Å². The van der Waals surface area contributed by atoms with Gasteiger partial charge in [0.2, 0.25) is 0 Å². The maximum Gasteiger partial charge on any atom is 0.407 e. The number of anilines is 1. The average Bonchev–Trinajstić information content (AvgIpc) is 3.20. The third kappa shape index (κ3) is 7.61. The van der Waals surface area contributed by atoms with E-state index in [1.54, 1.807) is 6.07 Å². The summed E-state index contributed by atoms with van der Waals surface area (Å²) in [6.45, 7) is 13.1. The van der Waals surface area contributed by atoms with E-state index in [2.05, 4.69) is 40.5 Å². The average molecular weight is 526 g/mol. The Hall–Kier alpha value is -3.26. The molecule has 200 valence electrons. The summed E-state index contributed by atoms with van der Waals surface area (Å²) in [7, 11) is 0. The molecule has 0 aliphatic carbocycles. The lowest BCUT2D eigenvalue weighted by Crippen LogP contribution is -2.35. The zero-order chi connectivity index (χ0) is 27.3. The summed E-state index contributed by atoms with van der Waals surface area (Å²) in [5.74, 6) is 0.446. The first-order chi connectivity index (χ1) is 17.4. The predicted octanol–water partition coefficient (Wildman–Crippen LogP) is 6.90. The van der Waals surface area contributed by atoms with Crippen molar-refractivity contribution < 1.29 is 19.7 Å². The molecule has 0 fully saturated rings. The second-order valence-corrected chi connectivity index (χ2v) is 11.2. The Morgan fingerprint density at radius 2 is 1.84 bits per heavy atom. The SMILES string of the molecule is CCC(CCn1ccc2cc(NC(=S)c3cc(C(C)C)c(O)cc3O)ccc21)CNC(=O)OC(C)(C)C. The molecule has 0 aliphatic heterocycles. The van der Waals surface area contributed by atoms with E-state index in [4.69, 9.17) is 17.0 Å². The summed E-state index contributed by atoms with van der Waals surface area (Å²) < 4.78 is 7.56. The zero-order valence-electron chi connectivity index (χ0n) is 22.6. The topological polar surface area (TPSA) is 95.8 Å². The fraction of sp³-hybridized carbons (Fsp3) is 0.448. The smallest absolute Gasteiger partial charge is 0.407 e. The minimum Gasteiger partial charge on any atom is -0.508 e. The third-order valence-electron chi connectivity index (χ3n) is 6.33. The van der Waals surface area contributed by atoms with Crippen LogP contribution in [-0.2, 0) is 11.3 Å². The molecule has 1 amide bonds. The van der Waals surface area contributed by atoms with Crippen molar-refractivity contribution >= 4 is 39.9 Å². The highest BCUT2D eigenvalue weighted by Gasteiger charge is 2.18. The molecule has 2 aromatic carbocycles. The standard InChI is InChI=1S/C29H39N3O4S/c1-7-19(17-30-28(35)36-29(4,5)6)10-12-32-13-11-20-14-21(8-9-24(20)32)31-27(37)23-15-22(18(2)3)25(33)16-26(23)34/h8-9,11,13-16,18-19,33-34H,7,10,12,17H2,1-6H3,(H,30,35)(H,31,37). The third-order valence-corrected chi connectivity index (χ3v) is 6.65. The number of hydrogen-bond donors (Lipinski definition) is 4. The second kappa shape index (κ2) is 11.9. The summed E-state index contributed by atoms with van der Waals surface area (Å²) in [5.41, 5.74) is 2.65. The van der Waals surface area contributed by atoms with Gasteiger partial charge < -0.3 is 30.2 Å². The Morgan fingerprint density at radius 1 is 1.11 bits per heavy atom. The van der Waals surface area contributed by atoms with Crippen molar-refractivity contribution in [3.8, 4) is 11.5 Å². The molecular formula is C29H39N3O4S. The number of fused-ring (bicyclic) bond motifs is 1. The number of aromatic hydroxyl groups is 2. The Kier molecular flexibility index (Phi) is 9.07. The number of aromatic nitrogens is 1. The fourth-order valence-electron chi connectivity index (χ4n) is 4.22. The molecule has 0 aliphatic rings. The number of carbonyl (C=O) groups excluding carboxylic acids is 1. The van der Waals surface area contributed by atoms with Gasteiger partial charge in [-0.15, -0.1) is 0 Å². The lowest BCUT2D eigenvalue weighted by atomic mass is 9.99. The molecule has 0 bridgehead atoms. The highest BCUT2D eigenvalue weighted by atomic mass is 32.1. The summed E-state index contributed by atoms with van der Waals surface area (Å²) in [6, 6.07) is 11.2. The van der Waals surface area contributed by atoms with Gasteiger partial charge in [-0.3, -0.25) is 0 Å². The van der Waals surface area contributed by atoms with Crippen LogP contribution in [0.4, 0.5) is 10.5 Å². The van der Waals surface area contributed by atoms with E-state index >= 15 is 0 Å². The van der Waals surface area contributed by atoms with Gasteiger partial charge in [-0.05, 0) is 74.9 Å². The van der Waals surface area contributed by atoms with Crippen molar-refractivity contribution in [2.24, 2.45) is 5.92 Å². The van der Waals surface area contributed by atoms with Gasteiger partial charge in [0.1, 0.15) is 22.1 Å². The molecule has 3 aromatic rings. The quantitative estimate of drug-likeness (QED) is 0.227. The Balaban J connectivity index is 1.64. The van der Waals surface area contributed by atoms with Crippen LogP contribution in [-0.4, -0.2) is 38.0 Å². The molecule has 0 saturated carbocycles. The Morgan fingerprint density at radius 3 is 2.49 bits per heavy atom. The van der Waals surface area contributed by atoms with Gasteiger partial charge in [-0.2, -0.15) is 0 Å². The molecule has 1 aromatic heterocycles. The summed E-state index contributed by atoms with van der Waals surface area (Å²) in [6.07, 6.45) is 3.58. The minimum absolute atomic E-state index is 0.0572. The fourth-order valence-corrected chi connectivity index (χ4v) is 4.50. The molecule has 1 unspecified atom stereocenters. The minimum atomic E-state index is -0.505. The molecule has 3 rings (SSSR count). The molecule has 0 spiro atoms. The van der Waals surface area contributed by atoms with Crippen molar-refractivity contribution in [1.29, 1.82) is 0 Å². The molecule has 1 heterocycles. The number of phenols is 2. The monoisotopic (exact) mass is 525 g/mol. The summed E-state index contributed by atoms with van der Waals surface area (Å²) in [5, 5.41) is 27.6. The molecule has 4 N–H and O–H groups in total. The van der Waals surface area contributed by atoms with Gasteiger partial charge in [0.25, 0.3) is 0 Å². The van der Waals surface area contributed by atoms with Gasteiger partial charge >= 0.3 is 6.09 Å². The molecule has 7 nitrogen and oxygen atoms in total. The number of aryl methyl sites for hydroxylation is 1. The summed E-state index contributed by atoms with van der Waals surface area (Å²) >= 11 is 5.57. The Labute approximate surface area is 224 Å². The number of ether oxygens (including phenoxy) is 1. The van der Waals surface area contributed by atoms with Crippen molar-refractivity contribution in [2.75, 3.05) is 11.9 Å². The number of rotatable bonds is 9. The first-order valence-electron chi connectivity index (χ1n) is 12.8. The van der Waals surface area contributed by atoms with Crippen LogP contribution < -0.4 is 10.6 Å². The van der Waals surface area contributed by atoms with Crippen LogP contribution >= 0.6 is 12.2 Å². The number of alkyl carbamates (subject to hydrolysis) is 1. The van der Waals surface area contributed by atoms with E-state index in [0.717, 1.165) is 41.5 Å². The van der Waals surface area contributed by atoms with Crippen LogP contribution in [0.25, 0.3) is 10.9 Å². The maximum absolute atomic E-state index is 12.0. The van der Waals surface area contributed by atoms with Crippen molar-refractivity contribution in [1.82, 2.24) is 9.88 Å². The number of phenolic OH excluding ortho intramolecular Hbond substituents is 2. The number of nitrogens with zero attached hydrogens (tertiary/aromatic N) is 1. The molecular weight excluding hydrogens is 486 g/mol. The van der Waals surface area contributed by atoms with Crippen LogP contribution in [0.3, 0.4) is 0 Å². The Bertz CT molecular complexity index is 1260. The number of thiocarbonyl (C=S) groups is 1. The van der Waals surface area contributed by atoms with Gasteiger partial charge in [0, 0.05) is 41.9 Å². The van der Waals surface area contributed by atoms with Gasteiger partial charge in [0.05, 0.1) is 5.56 Å². The summed E-state index contributed by atoms with van der Waals surface area (Å²) in [4.78, 5) is 12.4. The van der Waals surface area contributed by atoms with Crippen LogP contribution in [0.2, 0.25) is 0 Å². The van der Waals surface area contributed by atoms with E-state index < -0.39 is 5.60 Å². The lowest BCUT2D eigenvalue weighted by Gasteiger charge is -2.21. The largest absolute Gasteiger partial charge is 0.508 e. The number of nitrogens with one attached hydrogen (secondary N) is 2. The van der Waals surface area contributed by atoms with E-state index in [1.165, 1.54) is 6.07 Å². The van der Waals surface area contributed by atoms with Gasteiger partial charge in [-0.1, -0.05) is 39.4 Å². The molecule has 0 saturated heterocycles. The second-order valence-electron chi connectivity index (χ2n) is 10.8. The van der Waals surface area contributed by atoms with E-state index in [1.807, 2.05) is 46.8 Å². The number of amides is 1. The van der Waals surface area contributed by atoms with Gasteiger partial charge in [-0.25, -0.2) is 4.79 Å². The van der Waals surface area contributed by atoms with E-state index in [-0.39, 0.29) is 23.5 Å². The van der Waals surface area contributed by atoms with Crippen molar-refractivity contribution in [3.05, 3.63) is 53.7 Å². The first-order valence-corrected chi connectivity index (χ1v) is 13.2. The zero-order valence-corrected chi connectivity index (χ0v) is 23.4. The number of benzene rings is 2. The van der Waals surface area contributed by atoms with Gasteiger partial charge in [0.15, 0.2) is 0 Å². The van der Waals surface area contributed by atoms with Crippen LogP contribution in [0.15, 0.2) is 42.6 Å². The van der Waals surface area contributed by atoms with E-state index in [0.29, 0.717) is 23.0 Å². The molecule has 37 heavy (non-hydrogen) atoms. The lowest BCUT2D eigenvalue weighted by molar-refractivity contribution is 0.0517.